The van der Waals surface area contributed by atoms with E-state index in [4.69, 9.17) is 10.8 Å². The molecule has 0 aliphatic rings. The van der Waals surface area contributed by atoms with Gasteiger partial charge in [-0.05, 0) is 31.5 Å². The smallest absolute Gasteiger partial charge is 0.326 e. The Balaban J connectivity index is 2.80. The van der Waals surface area contributed by atoms with E-state index in [-0.39, 0.29) is 18.5 Å². The number of amides is 2. The van der Waals surface area contributed by atoms with Crippen molar-refractivity contribution in [1.82, 2.24) is 10.6 Å². The summed E-state index contributed by atoms with van der Waals surface area (Å²) < 4.78 is 0. The fraction of sp³-hybridized carbons (Fsp3) is 0.400. The summed E-state index contributed by atoms with van der Waals surface area (Å²) in [6.07, 6.45) is 0.460. The number of phenolic OH excluding ortho intramolecular Hbond substituents is 2. The van der Waals surface area contributed by atoms with Crippen molar-refractivity contribution in [3.05, 3.63) is 23.8 Å². The Hall–Kier alpha value is -2.85. The number of aliphatic hydroxyl groups excluding tert-OH is 1. The van der Waals surface area contributed by atoms with Crippen LogP contribution in [0.25, 0.3) is 0 Å². The number of carbonyl (C=O) groups is 3. The zero-order valence-electron chi connectivity index (χ0n) is 13.3. The van der Waals surface area contributed by atoms with Crippen LogP contribution in [0.3, 0.4) is 0 Å². The lowest BCUT2D eigenvalue weighted by molar-refractivity contribution is -0.142. The van der Waals surface area contributed by atoms with Gasteiger partial charge < -0.3 is 36.8 Å². The number of carboxylic acids is 1. The summed E-state index contributed by atoms with van der Waals surface area (Å²) in [6.45, 7) is -0.545. The van der Waals surface area contributed by atoms with Crippen LogP contribution < -0.4 is 16.4 Å². The highest BCUT2D eigenvalue weighted by molar-refractivity contribution is 6.00. The van der Waals surface area contributed by atoms with Crippen molar-refractivity contribution in [3.63, 3.8) is 0 Å². The van der Waals surface area contributed by atoms with Crippen molar-refractivity contribution in [2.45, 2.75) is 24.9 Å². The van der Waals surface area contributed by atoms with Gasteiger partial charge in [-0.15, -0.1) is 0 Å². The number of carboxylic acid groups (broad SMARTS) is 1. The van der Waals surface area contributed by atoms with Crippen LogP contribution >= 0.6 is 0 Å². The number of benzene rings is 1. The van der Waals surface area contributed by atoms with Gasteiger partial charge in [-0.25, -0.2) is 4.79 Å². The fourth-order valence-corrected chi connectivity index (χ4v) is 2.00. The number of carbonyl (C=O) groups excluding carboxylic acids is 2. The number of para-hydroxylation sites is 1. The van der Waals surface area contributed by atoms with E-state index in [2.05, 4.69) is 10.6 Å². The highest BCUT2D eigenvalue weighted by Gasteiger charge is 2.27. The van der Waals surface area contributed by atoms with Crippen LogP contribution in [0, 0.1) is 0 Å². The Kier molecular flexibility index (Phi) is 7.63. The monoisotopic (exact) mass is 355 g/mol. The summed E-state index contributed by atoms with van der Waals surface area (Å²) in [5.74, 6) is -4.29. The number of aliphatic hydroxyl groups is 1. The first kappa shape index (κ1) is 20.2. The molecule has 0 saturated heterocycles. The third-order valence-electron chi connectivity index (χ3n) is 3.38. The minimum absolute atomic E-state index is 0.0943. The Labute approximate surface area is 143 Å². The molecule has 1 aromatic carbocycles. The molecule has 0 spiro atoms. The number of aromatic hydroxyl groups is 2. The van der Waals surface area contributed by atoms with Crippen molar-refractivity contribution in [3.8, 4) is 11.5 Å². The highest BCUT2D eigenvalue weighted by Crippen LogP contribution is 2.27. The van der Waals surface area contributed by atoms with Crippen LogP contribution in [0.4, 0.5) is 0 Å². The first-order chi connectivity index (χ1) is 11.8. The summed E-state index contributed by atoms with van der Waals surface area (Å²) in [7, 11) is 0. The molecule has 8 N–H and O–H groups in total. The van der Waals surface area contributed by atoms with Gasteiger partial charge in [-0.3, -0.25) is 9.59 Å². The van der Waals surface area contributed by atoms with E-state index >= 15 is 0 Å². The first-order valence-corrected chi connectivity index (χ1v) is 7.47. The molecular weight excluding hydrogens is 334 g/mol. The van der Waals surface area contributed by atoms with E-state index in [1.54, 1.807) is 0 Å². The van der Waals surface area contributed by atoms with E-state index in [1.165, 1.54) is 12.1 Å². The molecule has 1 rings (SSSR count). The topological polar surface area (TPSA) is 182 Å². The van der Waals surface area contributed by atoms with Gasteiger partial charge in [0.05, 0.1) is 12.2 Å². The minimum atomic E-state index is -1.44. The molecule has 2 atom stereocenters. The van der Waals surface area contributed by atoms with Crippen molar-refractivity contribution in [2.75, 3.05) is 13.2 Å². The minimum Gasteiger partial charge on any atom is -0.504 e. The summed E-state index contributed by atoms with van der Waals surface area (Å²) in [6, 6.07) is 1.03. The third kappa shape index (κ3) is 5.62. The van der Waals surface area contributed by atoms with Crippen molar-refractivity contribution in [1.29, 1.82) is 0 Å². The lowest BCUT2D eigenvalue weighted by atomic mass is 10.1. The lowest BCUT2D eigenvalue weighted by Gasteiger charge is -2.20. The summed E-state index contributed by atoms with van der Waals surface area (Å²) in [5, 5.41) is 41.7. The van der Waals surface area contributed by atoms with E-state index in [1.807, 2.05) is 0 Å². The molecule has 0 fully saturated rings. The number of phenols is 2. The van der Waals surface area contributed by atoms with Crippen LogP contribution in [0.15, 0.2) is 18.2 Å². The Bertz CT molecular complexity index is 636. The molecule has 1 aromatic rings. The molecule has 0 radical (unpaired) electrons. The average molecular weight is 355 g/mol. The van der Waals surface area contributed by atoms with Gasteiger partial charge in [-0.1, -0.05) is 6.07 Å². The van der Waals surface area contributed by atoms with E-state index in [0.29, 0.717) is 6.42 Å². The SMILES string of the molecule is NCCC[C@H](NC(=O)[C@@H](CO)NC(=O)c1cccc(O)c1O)C(=O)O. The molecule has 25 heavy (non-hydrogen) atoms. The van der Waals surface area contributed by atoms with Crippen LogP contribution in [-0.4, -0.2) is 63.4 Å². The maximum atomic E-state index is 12.1. The normalized spacial score (nSPS) is 12.9. The quantitative estimate of drug-likeness (QED) is 0.261. The van der Waals surface area contributed by atoms with Crippen LogP contribution in [-0.2, 0) is 9.59 Å². The second kappa shape index (κ2) is 9.45. The highest BCUT2D eigenvalue weighted by atomic mass is 16.4. The van der Waals surface area contributed by atoms with E-state index in [9.17, 15) is 29.7 Å². The Morgan fingerprint density at radius 1 is 1.12 bits per heavy atom. The van der Waals surface area contributed by atoms with Crippen molar-refractivity contribution < 1.29 is 34.8 Å². The van der Waals surface area contributed by atoms with Crippen LogP contribution in [0.5, 0.6) is 11.5 Å². The lowest BCUT2D eigenvalue weighted by Crippen LogP contribution is -2.53. The van der Waals surface area contributed by atoms with Crippen molar-refractivity contribution >= 4 is 17.8 Å². The largest absolute Gasteiger partial charge is 0.504 e. The predicted molar refractivity (Wildman–Crippen MR) is 86.0 cm³/mol. The molecule has 10 heteroatoms. The van der Waals surface area contributed by atoms with Crippen LogP contribution in [0.1, 0.15) is 23.2 Å². The zero-order chi connectivity index (χ0) is 19.0. The van der Waals surface area contributed by atoms with Gasteiger partial charge in [0, 0.05) is 0 Å². The number of hydrogen-bond acceptors (Lipinski definition) is 7. The molecule has 0 bridgehead atoms. The molecule has 2 amide bonds. The fourth-order valence-electron chi connectivity index (χ4n) is 2.00. The van der Waals surface area contributed by atoms with Gasteiger partial charge in [0.15, 0.2) is 11.5 Å². The van der Waals surface area contributed by atoms with Crippen molar-refractivity contribution in [2.24, 2.45) is 5.73 Å². The molecule has 0 aromatic heterocycles. The molecule has 0 unspecified atom stereocenters. The zero-order valence-corrected chi connectivity index (χ0v) is 13.3. The number of rotatable bonds is 9. The molecule has 0 aliphatic heterocycles. The molecule has 0 aliphatic carbocycles. The van der Waals surface area contributed by atoms with Gasteiger partial charge in [0.25, 0.3) is 5.91 Å². The van der Waals surface area contributed by atoms with Crippen LogP contribution in [0.2, 0.25) is 0 Å². The van der Waals surface area contributed by atoms with Gasteiger partial charge >= 0.3 is 5.97 Å². The number of aliphatic carboxylic acids is 1. The second-order valence-electron chi connectivity index (χ2n) is 5.21. The molecule has 138 valence electrons. The molecule has 0 saturated carbocycles. The molecular formula is C15H21N3O7. The first-order valence-electron chi connectivity index (χ1n) is 7.47. The number of nitrogens with one attached hydrogen (secondary N) is 2. The Morgan fingerprint density at radius 3 is 2.36 bits per heavy atom. The standard InChI is InChI=1S/C15H21N3O7/c16-6-2-4-9(15(24)25)17-14(23)10(7-19)18-13(22)8-3-1-5-11(20)12(8)21/h1,3,5,9-10,19-21H,2,4,6-7,16H2,(H,17,23)(H,18,22)(H,24,25)/t9-,10+/m0/s1. The van der Waals surface area contributed by atoms with E-state index < -0.39 is 48.0 Å². The summed E-state index contributed by atoms with van der Waals surface area (Å²) in [5.41, 5.74) is 5.00. The van der Waals surface area contributed by atoms with E-state index in [0.717, 1.165) is 6.07 Å². The van der Waals surface area contributed by atoms with Gasteiger partial charge in [0.2, 0.25) is 5.91 Å². The third-order valence-corrected chi connectivity index (χ3v) is 3.38. The number of hydrogen-bond donors (Lipinski definition) is 7. The molecule has 0 heterocycles. The average Bonchev–Trinajstić information content (AvgIpc) is 2.58. The maximum Gasteiger partial charge on any atom is 0.326 e. The summed E-state index contributed by atoms with van der Waals surface area (Å²) in [4.78, 5) is 35.3. The number of nitrogens with two attached hydrogens (primary N) is 1. The van der Waals surface area contributed by atoms with Gasteiger partial charge in [0.1, 0.15) is 12.1 Å². The predicted octanol–water partition coefficient (Wildman–Crippen LogP) is -1.50. The maximum absolute atomic E-state index is 12.1. The molecule has 10 nitrogen and oxygen atoms in total. The Morgan fingerprint density at radius 2 is 1.80 bits per heavy atom. The van der Waals surface area contributed by atoms with Gasteiger partial charge in [-0.2, -0.15) is 0 Å². The summed E-state index contributed by atoms with van der Waals surface area (Å²) >= 11 is 0. The second-order valence-corrected chi connectivity index (χ2v) is 5.21.